The highest BCUT2D eigenvalue weighted by Gasteiger charge is 2.13. The summed E-state index contributed by atoms with van der Waals surface area (Å²) in [5.41, 5.74) is 5.71. The molecule has 0 amide bonds. The molecule has 12 heavy (non-hydrogen) atoms. The van der Waals surface area contributed by atoms with Crippen molar-refractivity contribution in [3.63, 3.8) is 0 Å². The fourth-order valence-corrected chi connectivity index (χ4v) is 2.40. The van der Waals surface area contributed by atoms with E-state index in [1.165, 1.54) is 4.90 Å². The van der Waals surface area contributed by atoms with E-state index in [2.05, 4.69) is 17.1 Å². The van der Waals surface area contributed by atoms with E-state index in [4.69, 9.17) is 5.73 Å². The van der Waals surface area contributed by atoms with Gasteiger partial charge in [0.2, 0.25) is 0 Å². The van der Waals surface area contributed by atoms with Crippen LogP contribution in [0.1, 0.15) is 0 Å². The van der Waals surface area contributed by atoms with Gasteiger partial charge in [-0.25, -0.2) is 0 Å². The number of nitrogen functional groups attached to an aromatic ring is 1. The van der Waals surface area contributed by atoms with Crippen molar-refractivity contribution in [1.82, 2.24) is 4.98 Å². The molecule has 0 saturated carbocycles. The van der Waals surface area contributed by atoms with Crippen LogP contribution in [0.3, 0.4) is 0 Å². The van der Waals surface area contributed by atoms with Gasteiger partial charge in [-0.2, -0.15) is 4.98 Å². The minimum Gasteiger partial charge on any atom is -0.339 e. The molecule has 0 saturated heterocycles. The molecule has 60 valence electrons. The Hall–Kier alpha value is -1.35. The van der Waals surface area contributed by atoms with Gasteiger partial charge in [-0.3, -0.25) is 0 Å². The Balaban J connectivity index is 2.51. The van der Waals surface area contributed by atoms with Gasteiger partial charge in [-0.15, -0.1) is 0 Å². The van der Waals surface area contributed by atoms with E-state index in [1.54, 1.807) is 6.20 Å². The minimum atomic E-state index is -0.0882. The quantitative estimate of drug-likeness (QED) is 0.679. The van der Waals surface area contributed by atoms with Gasteiger partial charge >= 0.3 is 5.13 Å². The fourth-order valence-electron chi connectivity index (χ4n) is 1.06. The van der Waals surface area contributed by atoms with Crippen LogP contribution in [0.25, 0.3) is 4.90 Å². The maximum atomic E-state index is 5.71. The first-order chi connectivity index (χ1) is 5.88. The second-order valence-corrected chi connectivity index (χ2v) is 4.24. The number of hydrogen-bond donors (Lipinski definition) is 1. The fraction of sp³-hybridized carbons (Fsp3) is 0. The summed E-state index contributed by atoms with van der Waals surface area (Å²) in [6.45, 7) is 0. The van der Waals surface area contributed by atoms with Crippen LogP contribution in [0.15, 0.2) is 41.9 Å². The topological polar surface area (TPSA) is 38.9 Å². The van der Waals surface area contributed by atoms with Crippen molar-refractivity contribution in [2.75, 3.05) is 5.73 Å². The molecule has 1 atom stereocenters. The molecule has 1 aromatic heterocycles. The Morgan fingerprint density at radius 2 is 1.92 bits per heavy atom. The van der Waals surface area contributed by atoms with E-state index in [0.29, 0.717) is 5.13 Å². The first-order valence-electron chi connectivity index (χ1n) is 3.66. The van der Waals surface area contributed by atoms with Crippen LogP contribution in [0.4, 0.5) is 5.13 Å². The van der Waals surface area contributed by atoms with Crippen LogP contribution in [0.5, 0.6) is 0 Å². The van der Waals surface area contributed by atoms with Gasteiger partial charge in [0, 0.05) is 0 Å². The van der Waals surface area contributed by atoms with Crippen LogP contribution >= 0.6 is 10.5 Å². The first-order valence-corrected chi connectivity index (χ1v) is 4.95. The molecule has 0 spiro atoms. The van der Waals surface area contributed by atoms with Gasteiger partial charge in [0.1, 0.15) is 0 Å². The van der Waals surface area contributed by atoms with Crippen LogP contribution in [-0.2, 0) is 0 Å². The average molecular weight is 177 g/mol. The zero-order valence-electron chi connectivity index (χ0n) is 6.47. The number of aromatic nitrogens is 1. The second-order valence-electron chi connectivity index (χ2n) is 2.40. The average Bonchev–Trinajstić information content (AvgIpc) is 2.53. The maximum Gasteiger partial charge on any atom is 0.342 e. The SMILES string of the molecule is Nc1ncc[s+]1-c1ccccc1. The Morgan fingerprint density at radius 1 is 1.17 bits per heavy atom. The zero-order chi connectivity index (χ0) is 8.39. The highest BCUT2D eigenvalue weighted by molar-refractivity contribution is 7.41. The molecule has 1 unspecified atom stereocenters. The van der Waals surface area contributed by atoms with Gasteiger partial charge < -0.3 is 5.73 Å². The molecule has 2 rings (SSSR count). The normalized spacial score (nSPS) is 11.5. The van der Waals surface area contributed by atoms with E-state index in [1.807, 2.05) is 23.6 Å². The van der Waals surface area contributed by atoms with Gasteiger partial charge in [0.05, 0.1) is 16.7 Å². The third kappa shape index (κ3) is 1.19. The molecule has 0 aliphatic carbocycles. The molecule has 1 aromatic carbocycles. The van der Waals surface area contributed by atoms with Crippen molar-refractivity contribution < 1.29 is 0 Å². The summed E-state index contributed by atoms with van der Waals surface area (Å²) in [7, 11) is -0.0882. The van der Waals surface area contributed by atoms with Crippen LogP contribution in [0, 0.1) is 0 Å². The Morgan fingerprint density at radius 3 is 2.50 bits per heavy atom. The van der Waals surface area contributed by atoms with E-state index >= 15 is 0 Å². The third-order valence-electron chi connectivity index (χ3n) is 1.62. The van der Waals surface area contributed by atoms with Gasteiger partial charge in [0.15, 0.2) is 10.3 Å². The zero-order valence-corrected chi connectivity index (χ0v) is 7.29. The predicted molar refractivity (Wildman–Crippen MR) is 52.5 cm³/mol. The van der Waals surface area contributed by atoms with E-state index in [-0.39, 0.29) is 10.5 Å². The Bertz CT molecular complexity index is 367. The number of rotatable bonds is 1. The van der Waals surface area contributed by atoms with Crippen molar-refractivity contribution >= 4 is 15.6 Å². The summed E-state index contributed by atoms with van der Waals surface area (Å²) < 4.78 is 0. The van der Waals surface area contributed by atoms with E-state index in [0.717, 1.165) is 0 Å². The summed E-state index contributed by atoms with van der Waals surface area (Å²) in [4.78, 5) is 5.25. The van der Waals surface area contributed by atoms with Crippen molar-refractivity contribution in [3.8, 4) is 4.90 Å². The lowest BCUT2D eigenvalue weighted by molar-refractivity contribution is 1.43. The molecule has 0 aliphatic rings. The molecule has 0 aliphatic heterocycles. The molecule has 2 aromatic rings. The molecule has 1 heterocycles. The summed E-state index contributed by atoms with van der Waals surface area (Å²) in [6, 6.07) is 10.2. The standard InChI is InChI=1S/C9H9N2S/c10-9-11-6-7-12(9)8-4-2-1-3-5-8/h1-7H,(H2,10,11)/q+1. The smallest absolute Gasteiger partial charge is 0.339 e. The number of nitrogens with two attached hydrogens (primary N) is 1. The molecule has 0 bridgehead atoms. The summed E-state index contributed by atoms with van der Waals surface area (Å²) in [6.07, 6.45) is 1.77. The van der Waals surface area contributed by atoms with Crippen molar-refractivity contribution in [2.24, 2.45) is 0 Å². The van der Waals surface area contributed by atoms with Crippen LogP contribution in [-0.4, -0.2) is 4.98 Å². The molecular formula is C9H9N2S+. The number of anilines is 1. The second kappa shape index (κ2) is 2.95. The van der Waals surface area contributed by atoms with Crippen molar-refractivity contribution in [3.05, 3.63) is 41.9 Å². The summed E-state index contributed by atoms with van der Waals surface area (Å²) in [5.74, 6) is 0. The largest absolute Gasteiger partial charge is 0.342 e. The van der Waals surface area contributed by atoms with Crippen LogP contribution in [0.2, 0.25) is 0 Å². The van der Waals surface area contributed by atoms with Gasteiger partial charge in [-0.1, -0.05) is 18.2 Å². The lowest BCUT2D eigenvalue weighted by Crippen LogP contribution is -1.82. The first kappa shape index (κ1) is 7.31. The number of nitrogens with zero attached hydrogens (tertiary/aromatic N) is 1. The van der Waals surface area contributed by atoms with Gasteiger partial charge in [0.25, 0.3) is 0 Å². The molecule has 0 fully saturated rings. The minimum absolute atomic E-state index is 0.0882. The Labute approximate surface area is 73.7 Å². The Kier molecular flexibility index (Phi) is 1.80. The van der Waals surface area contributed by atoms with E-state index < -0.39 is 0 Å². The van der Waals surface area contributed by atoms with Gasteiger partial charge in [-0.05, 0) is 12.1 Å². The highest BCUT2D eigenvalue weighted by Crippen LogP contribution is 2.34. The number of thiazole rings is 1. The maximum absolute atomic E-state index is 5.71. The van der Waals surface area contributed by atoms with E-state index in [9.17, 15) is 0 Å². The molecule has 3 heteroatoms. The highest BCUT2D eigenvalue weighted by atomic mass is 32.2. The number of benzene rings is 1. The lowest BCUT2D eigenvalue weighted by Gasteiger charge is -1.87. The summed E-state index contributed by atoms with van der Waals surface area (Å²) in [5, 5.41) is 2.74. The number of hydrogen-bond acceptors (Lipinski definition) is 2. The molecule has 2 nitrogen and oxygen atoms in total. The third-order valence-corrected chi connectivity index (χ3v) is 3.35. The molecular weight excluding hydrogens is 168 g/mol. The predicted octanol–water partition coefficient (Wildman–Crippen LogP) is 2.40. The van der Waals surface area contributed by atoms with Crippen molar-refractivity contribution in [2.45, 2.75) is 0 Å². The van der Waals surface area contributed by atoms with Crippen molar-refractivity contribution in [1.29, 1.82) is 0 Å². The summed E-state index contributed by atoms with van der Waals surface area (Å²) >= 11 is 0. The lowest BCUT2D eigenvalue weighted by atomic mass is 10.4. The molecule has 0 radical (unpaired) electrons. The monoisotopic (exact) mass is 177 g/mol. The molecule has 2 N–H and O–H groups in total. The van der Waals surface area contributed by atoms with Crippen LogP contribution < -0.4 is 5.73 Å².